The number of alkyl halides is 5. The Kier molecular flexibility index (Phi) is 6.14. The first kappa shape index (κ1) is 21.4. The number of nitrogens with zero attached hydrogens (tertiary/aromatic N) is 5. The number of aromatic nitrogens is 5. The maximum absolute atomic E-state index is 13.1. The minimum Gasteiger partial charge on any atom is -0.271 e. The largest absolute Gasteiger partial charge is 0.408 e. The van der Waals surface area contributed by atoms with Crippen molar-refractivity contribution >= 4 is 12.2 Å². The van der Waals surface area contributed by atoms with Crippen LogP contribution >= 0.6 is 0 Å². The Morgan fingerprint density at radius 2 is 1.97 bits per heavy atom. The highest BCUT2D eigenvalue weighted by Crippen LogP contribution is 2.27. The third kappa shape index (κ3) is 4.64. The molecule has 0 radical (unpaired) electrons. The van der Waals surface area contributed by atoms with Crippen molar-refractivity contribution in [2.24, 2.45) is 7.05 Å². The molecule has 0 aliphatic carbocycles. The predicted octanol–water partition coefficient (Wildman–Crippen LogP) is 5.08. The molecule has 0 aromatic carbocycles. The maximum Gasteiger partial charge on any atom is 0.408 e. The molecule has 3 rings (SSSR count). The van der Waals surface area contributed by atoms with Crippen molar-refractivity contribution in [3.05, 3.63) is 65.8 Å². The van der Waals surface area contributed by atoms with Gasteiger partial charge in [-0.15, -0.1) is 0 Å². The van der Waals surface area contributed by atoms with E-state index in [2.05, 4.69) is 21.8 Å². The molecule has 10 heteroatoms. The fourth-order valence-electron chi connectivity index (χ4n) is 3.12. The molecule has 158 valence electrons. The van der Waals surface area contributed by atoms with Crippen molar-refractivity contribution in [2.75, 3.05) is 0 Å². The summed E-state index contributed by atoms with van der Waals surface area (Å²) in [6, 6.07) is 4.81. The lowest BCUT2D eigenvalue weighted by Crippen LogP contribution is -2.19. The molecular weight excluding hydrogens is 405 g/mol. The second-order valence-corrected chi connectivity index (χ2v) is 6.41. The topological polar surface area (TPSA) is 48.5 Å². The van der Waals surface area contributed by atoms with Crippen LogP contribution in [0.15, 0.2) is 43.2 Å². The van der Waals surface area contributed by atoms with E-state index >= 15 is 0 Å². The monoisotopic (exact) mass is 423 g/mol. The molecule has 0 amide bonds. The minimum absolute atomic E-state index is 0.222. The number of allylic oxidation sites excluding steroid dienone is 1. The van der Waals surface area contributed by atoms with Crippen molar-refractivity contribution in [3.8, 4) is 11.4 Å². The predicted molar refractivity (Wildman–Crippen MR) is 103 cm³/mol. The molecule has 0 saturated carbocycles. The average Bonchev–Trinajstić information content (AvgIpc) is 3.25. The molecular formula is C20H18F5N5. The molecule has 0 fully saturated rings. The zero-order chi connectivity index (χ0) is 21.9. The van der Waals surface area contributed by atoms with Crippen LogP contribution in [0.25, 0.3) is 23.5 Å². The van der Waals surface area contributed by atoms with E-state index in [1.165, 1.54) is 29.2 Å². The molecule has 0 bridgehead atoms. The second-order valence-electron chi connectivity index (χ2n) is 6.41. The van der Waals surface area contributed by atoms with Crippen LogP contribution < -0.4 is 0 Å². The van der Waals surface area contributed by atoms with Crippen molar-refractivity contribution in [1.82, 2.24) is 24.5 Å². The quantitative estimate of drug-likeness (QED) is 0.498. The average molecular weight is 423 g/mol. The Labute approximate surface area is 169 Å². The SMILES string of the molecule is C=Cc1c(C(F)F)nn(C)c1C/C=C/c1cccnc1-c1ccnn1CC(F)(F)F. The molecule has 0 N–H and O–H groups in total. The number of aryl methyl sites for hydroxylation is 1. The van der Waals surface area contributed by atoms with E-state index in [4.69, 9.17) is 0 Å². The van der Waals surface area contributed by atoms with E-state index in [1.807, 2.05) is 0 Å². The highest BCUT2D eigenvalue weighted by molar-refractivity contribution is 5.69. The molecule has 30 heavy (non-hydrogen) atoms. The third-order valence-electron chi connectivity index (χ3n) is 4.38. The summed E-state index contributed by atoms with van der Waals surface area (Å²) in [5, 5.41) is 7.58. The van der Waals surface area contributed by atoms with Gasteiger partial charge in [-0.05, 0) is 12.1 Å². The fraction of sp³-hybridized carbons (Fsp3) is 0.250. The second kappa shape index (κ2) is 8.60. The number of hydrogen-bond acceptors (Lipinski definition) is 3. The summed E-state index contributed by atoms with van der Waals surface area (Å²) in [6.07, 6.45) is 0.607. The van der Waals surface area contributed by atoms with Crippen molar-refractivity contribution in [1.29, 1.82) is 0 Å². The molecule has 3 aromatic heterocycles. The highest BCUT2D eigenvalue weighted by atomic mass is 19.4. The first-order chi connectivity index (χ1) is 14.2. The molecule has 3 aromatic rings. The lowest BCUT2D eigenvalue weighted by atomic mass is 10.1. The summed E-state index contributed by atoms with van der Waals surface area (Å²) in [7, 11) is 1.56. The molecule has 5 nitrogen and oxygen atoms in total. The number of pyridine rings is 1. The number of halogens is 5. The van der Waals surface area contributed by atoms with Gasteiger partial charge in [-0.1, -0.05) is 30.9 Å². The Hall–Kier alpha value is -3.30. The summed E-state index contributed by atoms with van der Waals surface area (Å²) < 4.78 is 66.9. The van der Waals surface area contributed by atoms with Crippen LogP contribution in [0.5, 0.6) is 0 Å². The summed E-state index contributed by atoms with van der Waals surface area (Å²) in [5.74, 6) is 0. The summed E-state index contributed by atoms with van der Waals surface area (Å²) in [5.41, 5.74) is 1.60. The first-order valence-corrected chi connectivity index (χ1v) is 8.88. The highest BCUT2D eigenvalue weighted by Gasteiger charge is 2.30. The van der Waals surface area contributed by atoms with Gasteiger partial charge in [-0.3, -0.25) is 14.3 Å². The Morgan fingerprint density at radius 1 is 1.20 bits per heavy atom. The van der Waals surface area contributed by atoms with Crippen LogP contribution in [-0.2, 0) is 20.0 Å². The first-order valence-electron chi connectivity index (χ1n) is 8.88. The van der Waals surface area contributed by atoms with Gasteiger partial charge in [0.2, 0.25) is 0 Å². The zero-order valence-electron chi connectivity index (χ0n) is 15.9. The fourth-order valence-corrected chi connectivity index (χ4v) is 3.12. The smallest absolute Gasteiger partial charge is 0.271 e. The Balaban J connectivity index is 1.90. The van der Waals surface area contributed by atoms with Crippen LogP contribution in [-0.4, -0.2) is 30.7 Å². The molecule has 0 spiro atoms. The molecule has 0 aliphatic heterocycles. The van der Waals surface area contributed by atoms with Crippen LogP contribution in [0.3, 0.4) is 0 Å². The van der Waals surface area contributed by atoms with Gasteiger partial charge in [-0.25, -0.2) is 8.78 Å². The van der Waals surface area contributed by atoms with Crippen LogP contribution in [0, 0.1) is 0 Å². The maximum atomic E-state index is 13.1. The van der Waals surface area contributed by atoms with Gasteiger partial charge in [0.25, 0.3) is 6.43 Å². The van der Waals surface area contributed by atoms with Gasteiger partial charge in [0.05, 0.1) is 11.4 Å². The summed E-state index contributed by atoms with van der Waals surface area (Å²) in [4.78, 5) is 4.20. The van der Waals surface area contributed by atoms with E-state index in [0.29, 0.717) is 17.0 Å². The van der Waals surface area contributed by atoms with Crippen LogP contribution in [0.4, 0.5) is 22.0 Å². The van der Waals surface area contributed by atoms with Crippen molar-refractivity contribution < 1.29 is 22.0 Å². The normalized spacial score (nSPS) is 12.2. The van der Waals surface area contributed by atoms with Crippen molar-refractivity contribution in [2.45, 2.75) is 25.6 Å². The van der Waals surface area contributed by atoms with Gasteiger partial charge in [0.15, 0.2) is 0 Å². The van der Waals surface area contributed by atoms with Crippen LogP contribution in [0.2, 0.25) is 0 Å². The van der Waals surface area contributed by atoms with E-state index < -0.39 is 19.1 Å². The van der Waals surface area contributed by atoms with Gasteiger partial charge in [0.1, 0.15) is 12.2 Å². The van der Waals surface area contributed by atoms with E-state index in [0.717, 1.165) is 4.68 Å². The van der Waals surface area contributed by atoms with E-state index in [9.17, 15) is 22.0 Å². The minimum atomic E-state index is -4.42. The van der Waals surface area contributed by atoms with Gasteiger partial charge < -0.3 is 0 Å². The number of hydrogen-bond donors (Lipinski definition) is 0. The van der Waals surface area contributed by atoms with Crippen molar-refractivity contribution in [3.63, 3.8) is 0 Å². The summed E-state index contributed by atoms with van der Waals surface area (Å²) >= 11 is 0. The lowest BCUT2D eigenvalue weighted by Gasteiger charge is -2.11. The van der Waals surface area contributed by atoms with E-state index in [-0.39, 0.29) is 23.4 Å². The van der Waals surface area contributed by atoms with Gasteiger partial charge in [0, 0.05) is 42.7 Å². The molecule has 3 heterocycles. The zero-order valence-corrected chi connectivity index (χ0v) is 15.9. The standard InChI is InChI=1S/C20H18F5N5/c1-3-14-15(29(2)28-18(14)19(21)22)8-4-6-13-7-5-10-26-17(13)16-9-11-27-30(16)12-20(23,24)25/h3-7,9-11,19H,1,8,12H2,2H3/b6-4+. The Morgan fingerprint density at radius 3 is 2.63 bits per heavy atom. The van der Waals surface area contributed by atoms with E-state index in [1.54, 1.807) is 31.3 Å². The van der Waals surface area contributed by atoms with Crippen LogP contribution in [0.1, 0.15) is 28.9 Å². The molecule has 0 saturated heterocycles. The van der Waals surface area contributed by atoms with Gasteiger partial charge in [-0.2, -0.15) is 23.4 Å². The number of rotatable bonds is 7. The van der Waals surface area contributed by atoms with Gasteiger partial charge >= 0.3 is 6.18 Å². The summed E-state index contributed by atoms with van der Waals surface area (Å²) in [6.45, 7) is 2.35. The molecule has 0 atom stereocenters. The molecule has 0 unspecified atom stereocenters. The third-order valence-corrected chi connectivity index (χ3v) is 4.38. The Bertz CT molecular complexity index is 1060. The lowest BCUT2D eigenvalue weighted by molar-refractivity contribution is -0.142. The molecule has 0 aliphatic rings.